The third-order valence-electron chi connectivity index (χ3n) is 4.27. The van der Waals surface area contributed by atoms with Gasteiger partial charge in [-0.15, -0.1) is 0 Å². The molecule has 0 bridgehead atoms. The highest BCUT2D eigenvalue weighted by Crippen LogP contribution is 2.47. The van der Waals surface area contributed by atoms with E-state index in [4.69, 9.17) is 4.52 Å². The summed E-state index contributed by atoms with van der Waals surface area (Å²) in [6.45, 7) is 6.44. The van der Waals surface area contributed by atoms with Gasteiger partial charge in [0, 0.05) is 0 Å². The molecule has 0 aliphatic carbocycles. The molecular formula is C17H37O4P. The Balaban J connectivity index is 4.75. The second-order valence-electron chi connectivity index (χ2n) is 6.49. The van der Waals surface area contributed by atoms with Gasteiger partial charge in [-0.05, 0) is 19.3 Å². The molecule has 0 aliphatic heterocycles. The molecule has 5 heteroatoms. The molecule has 0 saturated heterocycles. The highest BCUT2D eigenvalue weighted by atomic mass is 31.2. The Labute approximate surface area is 137 Å². The van der Waals surface area contributed by atoms with Crippen molar-refractivity contribution < 1.29 is 18.9 Å². The molecule has 0 atom stereocenters. The summed E-state index contributed by atoms with van der Waals surface area (Å²) in [6, 6.07) is 0. The molecule has 0 heterocycles. The fourth-order valence-corrected chi connectivity index (χ4v) is 3.79. The van der Waals surface area contributed by atoms with Crippen LogP contribution in [0, 0.1) is 0 Å². The van der Waals surface area contributed by atoms with Crippen LogP contribution in [0.15, 0.2) is 0 Å². The maximum absolute atomic E-state index is 11.5. The van der Waals surface area contributed by atoms with Crippen LogP contribution in [0.25, 0.3) is 0 Å². The molecule has 0 aromatic rings. The van der Waals surface area contributed by atoms with Gasteiger partial charge < -0.3 is 9.79 Å². The number of rotatable bonds is 15. The molecule has 0 unspecified atom stereocenters. The first-order chi connectivity index (χ1) is 10.4. The molecule has 0 saturated carbocycles. The van der Waals surface area contributed by atoms with Gasteiger partial charge in [-0.25, -0.2) is 4.57 Å². The van der Waals surface area contributed by atoms with Crippen molar-refractivity contribution in [1.82, 2.24) is 0 Å². The maximum Gasteiger partial charge on any atom is 0.470 e. The molecule has 0 spiro atoms. The Kier molecular flexibility index (Phi) is 12.6. The zero-order chi connectivity index (χ0) is 16.9. The van der Waals surface area contributed by atoms with Gasteiger partial charge in [0.25, 0.3) is 0 Å². The number of phosphoric ester groups is 1. The fourth-order valence-electron chi connectivity index (χ4n) is 3.01. The second-order valence-corrected chi connectivity index (χ2v) is 7.65. The van der Waals surface area contributed by atoms with Crippen molar-refractivity contribution in [1.29, 1.82) is 0 Å². The number of hydrogen-bond acceptors (Lipinski definition) is 2. The summed E-state index contributed by atoms with van der Waals surface area (Å²) >= 11 is 0. The quantitative estimate of drug-likeness (QED) is 0.286. The Bertz CT molecular complexity index is 289. The molecule has 0 rings (SSSR count). The Hall–Kier alpha value is 0.110. The van der Waals surface area contributed by atoms with Crippen LogP contribution in [0.3, 0.4) is 0 Å². The highest BCUT2D eigenvalue weighted by molar-refractivity contribution is 7.46. The molecule has 0 fully saturated rings. The van der Waals surface area contributed by atoms with Gasteiger partial charge in [0.2, 0.25) is 0 Å². The van der Waals surface area contributed by atoms with E-state index in [0.29, 0.717) is 0 Å². The lowest BCUT2D eigenvalue weighted by Crippen LogP contribution is -2.32. The minimum atomic E-state index is -4.44. The number of hydrogen-bond donors (Lipinski definition) is 2. The van der Waals surface area contributed by atoms with Crippen LogP contribution in [-0.4, -0.2) is 15.4 Å². The summed E-state index contributed by atoms with van der Waals surface area (Å²) in [7, 11) is -4.44. The summed E-state index contributed by atoms with van der Waals surface area (Å²) in [5, 5.41) is 0. The van der Waals surface area contributed by atoms with Crippen molar-refractivity contribution in [2.45, 2.75) is 110 Å². The van der Waals surface area contributed by atoms with E-state index in [1.807, 2.05) is 0 Å². The molecule has 134 valence electrons. The first-order valence-corrected chi connectivity index (χ1v) is 10.7. The van der Waals surface area contributed by atoms with Crippen molar-refractivity contribution in [2.24, 2.45) is 0 Å². The van der Waals surface area contributed by atoms with Crippen LogP contribution in [0.2, 0.25) is 0 Å². The molecule has 0 amide bonds. The SMILES string of the molecule is CCCCCCC(CCCC)(CCCCCC)OP(=O)(O)O. The summed E-state index contributed by atoms with van der Waals surface area (Å²) in [5.41, 5.74) is -0.628. The minimum Gasteiger partial charge on any atom is -0.303 e. The molecule has 0 aromatic carbocycles. The zero-order valence-electron chi connectivity index (χ0n) is 14.9. The van der Waals surface area contributed by atoms with Crippen molar-refractivity contribution in [3.63, 3.8) is 0 Å². The van der Waals surface area contributed by atoms with Crippen LogP contribution in [0.5, 0.6) is 0 Å². The predicted octanol–water partition coefficient (Wildman–Crippen LogP) is 5.97. The Morgan fingerprint density at radius 2 is 1.14 bits per heavy atom. The lowest BCUT2D eigenvalue weighted by Gasteiger charge is -2.34. The van der Waals surface area contributed by atoms with E-state index in [0.717, 1.165) is 70.6 Å². The van der Waals surface area contributed by atoms with E-state index in [1.165, 1.54) is 12.8 Å². The lowest BCUT2D eigenvalue weighted by atomic mass is 9.85. The van der Waals surface area contributed by atoms with E-state index < -0.39 is 13.4 Å². The van der Waals surface area contributed by atoms with E-state index in [1.54, 1.807) is 0 Å². The maximum atomic E-state index is 11.5. The van der Waals surface area contributed by atoms with E-state index in [2.05, 4.69) is 20.8 Å². The summed E-state index contributed by atoms with van der Waals surface area (Å²) in [4.78, 5) is 18.7. The van der Waals surface area contributed by atoms with Crippen LogP contribution in [0.1, 0.15) is 104 Å². The standard InChI is InChI=1S/C17H37O4P/c1-4-7-10-12-15-17(14-9-6-3,21-22(18,19)20)16-13-11-8-5-2/h4-16H2,1-3H3,(H2,18,19,20). The van der Waals surface area contributed by atoms with Crippen molar-refractivity contribution in [2.75, 3.05) is 0 Å². The molecule has 0 aromatic heterocycles. The summed E-state index contributed by atoms with van der Waals surface area (Å²) in [5.74, 6) is 0. The predicted molar refractivity (Wildman–Crippen MR) is 92.9 cm³/mol. The Morgan fingerprint density at radius 3 is 1.50 bits per heavy atom. The average Bonchev–Trinajstić information content (AvgIpc) is 2.44. The van der Waals surface area contributed by atoms with Gasteiger partial charge in [-0.1, -0.05) is 85.0 Å². The molecule has 4 nitrogen and oxygen atoms in total. The smallest absolute Gasteiger partial charge is 0.303 e. The summed E-state index contributed by atoms with van der Waals surface area (Å²) < 4.78 is 16.8. The largest absolute Gasteiger partial charge is 0.470 e. The van der Waals surface area contributed by atoms with Gasteiger partial charge in [0.05, 0.1) is 5.60 Å². The molecule has 2 N–H and O–H groups in total. The monoisotopic (exact) mass is 336 g/mol. The fraction of sp³-hybridized carbons (Fsp3) is 1.00. The molecule has 22 heavy (non-hydrogen) atoms. The third kappa shape index (κ3) is 11.6. The molecule has 0 radical (unpaired) electrons. The first kappa shape index (κ1) is 22.1. The van der Waals surface area contributed by atoms with E-state index in [9.17, 15) is 14.4 Å². The van der Waals surface area contributed by atoms with Crippen LogP contribution < -0.4 is 0 Å². The molecular weight excluding hydrogens is 299 g/mol. The van der Waals surface area contributed by atoms with Gasteiger partial charge in [0.15, 0.2) is 0 Å². The number of phosphoric acid groups is 1. The second kappa shape index (κ2) is 12.5. The normalized spacial score (nSPS) is 12.8. The van der Waals surface area contributed by atoms with Crippen LogP contribution in [0.4, 0.5) is 0 Å². The topological polar surface area (TPSA) is 66.8 Å². The van der Waals surface area contributed by atoms with Gasteiger partial charge >= 0.3 is 7.82 Å². The van der Waals surface area contributed by atoms with Gasteiger partial charge in [-0.2, -0.15) is 0 Å². The van der Waals surface area contributed by atoms with Gasteiger partial charge in [-0.3, -0.25) is 4.52 Å². The third-order valence-corrected chi connectivity index (χ3v) is 4.90. The van der Waals surface area contributed by atoms with Crippen molar-refractivity contribution in [3.8, 4) is 0 Å². The van der Waals surface area contributed by atoms with Crippen LogP contribution in [-0.2, 0) is 9.09 Å². The van der Waals surface area contributed by atoms with Crippen molar-refractivity contribution in [3.05, 3.63) is 0 Å². The number of unbranched alkanes of at least 4 members (excludes halogenated alkanes) is 7. The van der Waals surface area contributed by atoms with Crippen LogP contribution >= 0.6 is 7.82 Å². The zero-order valence-corrected chi connectivity index (χ0v) is 15.7. The Morgan fingerprint density at radius 1 is 0.727 bits per heavy atom. The van der Waals surface area contributed by atoms with E-state index in [-0.39, 0.29) is 0 Å². The first-order valence-electron chi connectivity index (χ1n) is 9.15. The van der Waals surface area contributed by atoms with Gasteiger partial charge in [0.1, 0.15) is 0 Å². The summed E-state index contributed by atoms with van der Waals surface area (Å²) in [6.07, 6.45) is 13.2. The average molecular weight is 336 g/mol. The minimum absolute atomic E-state index is 0.628. The highest BCUT2D eigenvalue weighted by Gasteiger charge is 2.36. The molecule has 0 aliphatic rings. The lowest BCUT2D eigenvalue weighted by molar-refractivity contribution is 0.00573. The van der Waals surface area contributed by atoms with Crippen molar-refractivity contribution >= 4 is 7.82 Å². The van der Waals surface area contributed by atoms with E-state index >= 15 is 0 Å².